The van der Waals surface area contributed by atoms with Crippen molar-refractivity contribution in [2.45, 2.75) is 38.3 Å². The second-order valence-electron chi connectivity index (χ2n) is 6.55. The van der Waals surface area contributed by atoms with Crippen LogP contribution in [0.15, 0.2) is 18.2 Å². The Morgan fingerprint density at radius 3 is 2.83 bits per heavy atom. The van der Waals surface area contributed by atoms with Crippen LogP contribution in [-0.4, -0.2) is 36.1 Å². The highest BCUT2D eigenvalue weighted by atomic mass is 19.1. The van der Waals surface area contributed by atoms with Crippen LogP contribution in [0.1, 0.15) is 31.2 Å². The second kappa shape index (κ2) is 5.51. The van der Waals surface area contributed by atoms with Gasteiger partial charge in [0.1, 0.15) is 12.4 Å². The highest BCUT2D eigenvalue weighted by Crippen LogP contribution is 2.34. The van der Waals surface area contributed by atoms with Gasteiger partial charge in [0.15, 0.2) is 0 Å². The van der Waals surface area contributed by atoms with Gasteiger partial charge in [0, 0.05) is 19.0 Å². The summed E-state index contributed by atoms with van der Waals surface area (Å²) in [5.41, 5.74) is 1.33. The van der Waals surface area contributed by atoms with Crippen molar-refractivity contribution in [3.05, 3.63) is 29.6 Å². The van der Waals surface area contributed by atoms with Gasteiger partial charge in [-0.1, -0.05) is 12.5 Å². The van der Waals surface area contributed by atoms with Crippen LogP contribution in [0.3, 0.4) is 0 Å². The molecule has 1 saturated carbocycles. The number of amides is 2. The maximum absolute atomic E-state index is 13.7. The van der Waals surface area contributed by atoms with Crippen molar-refractivity contribution in [3.8, 4) is 0 Å². The van der Waals surface area contributed by atoms with E-state index in [1.807, 2.05) is 4.90 Å². The summed E-state index contributed by atoms with van der Waals surface area (Å²) in [7, 11) is 0. The highest BCUT2D eigenvalue weighted by Gasteiger charge is 2.39. The summed E-state index contributed by atoms with van der Waals surface area (Å²) in [6.45, 7) is 1.31. The van der Waals surface area contributed by atoms with Gasteiger partial charge in [0.05, 0.1) is 11.7 Å². The van der Waals surface area contributed by atoms with Crippen LogP contribution in [-0.2, 0) is 16.1 Å². The first kappa shape index (κ1) is 14.5. The molecule has 0 aromatic heterocycles. The first-order chi connectivity index (χ1) is 11.1. The molecule has 6 heteroatoms. The van der Waals surface area contributed by atoms with Crippen molar-refractivity contribution in [1.82, 2.24) is 4.90 Å². The number of fused-ring (bicyclic) bond motifs is 3. The lowest BCUT2D eigenvalue weighted by atomic mass is 9.84. The number of benzene rings is 1. The lowest BCUT2D eigenvalue weighted by Gasteiger charge is -2.36. The molecule has 0 radical (unpaired) electrons. The van der Waals surface area contributed by atoms with E-state index in [1.165, 1.54) is 12.1 Å². The number of carbonyl (C=O) groups is 2. The van der Waals surface area contributed by atoms with Gasteiger partial charge < -0.3 is 9.64 Å². The molecule has 5 nitrogen and oxygen atoms in total. The molecule has 0 N–H and O–H groups in total. The van der Waals surface area contributed by atoms with Crippen LogP contribution in [0.2, 0.25) is 0 Å². The van der Waals surface area contributed by atoms with E-state index in [0.717, 1.165) is 24.8 Å². The molecule has 4 rings (SSSR count). The Hall–Kier alpha value is -2.11. The molecule has 122 valence electrons. The summed E-state index contributed by atoms with van der Waals surface area (Å²) in [5, 5.41) is 0. The second-order valence-corrected chi connectivity index (χ2v) is 6.55. The molecule has 3 aliphatic rings. The largest absolute Gasteiger partial charge is 0.447 e. The SMILES string of the molecule is O=C(C1CCC1)N1CC[C@H]2COC(=O)N2c2cc(F)ccc2C1. The van der Waals surface area contributed by atoms with Crippen LogP contribution >= 0.6 is 0 Å². The molecular formula is C17H19FN2O3. The fourth-order valence-corrected chi connectivity index (χ4v) is 3.55. The minimum atomic E-state index is -0.430. The van der Waals surface area contributed by atoms with E-state index in [9.17, 15) is 14.0 Å². The van der Waals surface area contributed by atoms with E-state index in [1.54, 1.807) is 11.0 Å². The molecule has 0 spiro atoms. The van der Waals surface area contributed by atoms with Gasteiger partial charge in [-0.2, -0.15) is 0 Å². The molecule has 1 saturated heterocycles. The molecule has 23 heavy (non-hydrogen) atoms. The van der Waals surface area contributed by atoms with Crippen molar-refractivity contribution >= 4 is 17.7 Å². The van der Waals surface area contributed by atoms with Crippen molar-refractivity contribution in [2.75, 3.05) is 18.1 Å². The van der Waals surface area contributed by atoms with Gasteiger partial charge >= 0.3 is 6.09 Å². The summed E-state index contributed by atoms with van der Waals surface area (Å²) in [6.07, 6.45) is 3.26. The third-order valence-corrected chi connectivity index (χ3v) is 5.13. The maximum Gasteiger partial charge on any atom is 0.414 e. The quantitative estimate of drug-likeness (QED) is 0.800. The van der Waals surface area contributed by atoms with Crippen LogP contribution in [0, 0.1) is 11.7 Å². The molecule has 1 atom stereocenters. The fourth-order valence-electron chi connectivity index (χ4n) is 3.55. The highest BCUT2D eigenvalue weighted by molar-refractivity contribution is 5.91. The normalized spacial score (nSPS) is 24.2. The van der Waals surface area contributed by atoms with Gasteiger partial charge in [-0.15, -0.1) is 0 Å². The lowest BCUT2D eigenvalue weighted by Crippen LogP contribution is -2.44. The number of anilines is 1. The average Bonchev–Trinajstić information content (AvgIpc) is 2.81. The van der Waals surface area contributed by atoms with Gasteiger partial charge in [-0.3, -0.25) is 9.69 Å². The molecule has 1 aliphatic carbocycles. The van der Waals surface area contributed by atoms with E-state index < -0.39 is 6.09 Å². The predicted octanol–water partition coefficient (Wildman–Crippen LogP) is 2.68. The minimum absolute atomic E-state index is 0.135. The van der Waals surface area contributed by atoms with E-state index in [0.29, 0.717) is 31.8 Å². The molecule has 0 unspecified atom stereocenters. The number of rotatable bonds is 1. The van der Waals surface area contributed by atoms with Crippen molar-refractivity contribution in [1.29, 1.82) is 0 Å². The zero-order valence-corrected chi connectivity index (χ0v) is 12.8. The Kier molecular flexibility index (Phi) is 3.47. The molecule has 2 heterocycles. The average molecular weight is 318 g/mol. The summed E-state index contributed by atoms with van der Waals surface area (Å²) < 4.78 is 18.8. The van der Waals surface area contributed by atoms with Crippen LogP contribution in [0.4, 0.5) is 14.9 Å². The van der Waals surface area contributed by atoms with Gasteiger partial charge in [-0.25, -0.2) is 9.18 Å². The smallest absolute Gasteiger partial charge is 0.414 e. The van der Waals surface area contributed by atoms with Crippen molar-refractivity contribution in [3.63, 3.8) is 0 Å². The first-order valence-corrected chi connectivity index (χ1v) is 8.16. The lowest BCUT2D eigenvalue weighted by molar-refractivity contribution is -0.139. The van der Waals surface area contributed by atoms with Crippen LogP contribution in [0.5, 0.6) is 0 Å². The number of carbonyl (C=O) groups excluding carboxylic acids is 2. The number of nitrogens with zero attached hydrogens (tertiary/aromatic N) is 2. The zero-order valence-electron chi connectivity index (χ0n) is 12.8. The number of cyclic esters (lactones) is 1. The summed E-state index contributed by atoms with van der Waals surface area (Å²) >= 11 is 0. The molecular weight excluding hydrogens is 299 g/mol. The standard InChI is InChI=1S/C17H19FN2O3/c18-13-5-4-12-9-19(16(21)11-2-1-3-11)7-6-14-10-23-17(22)20(14)15(12)8-13/h4-5,8,11,14H,1-3,6-7,9-10H2/t14-/m0/s1. The number of halogens is 1. The first-order valence-electron chi connectivity index (χ1n) is 8.16. The summed E-state index contributed by atoms with van der Waals surface area (Å²) in [4.78, 5) is 28.1. The Labute approximate surface area is 134 Å². The minimum Gasteiger partial charge on any atom is -0.447 e. The number of hydrogen-bond acceptors (Lipinski definition) is 3. The van der Waals surface area contributed by atoms with E-state index in [2.05, 4.69) is 0 Å². The maximum atomic E-state index is 13.7. The molecule has 1 aromatic carbocycles. The Morgan fingerprint density at radius 2 is 2.09 bits per heavy atom. The molecule has 1 aromatic rings. The monoisotopic (exact) mass is 318 g/mol. The van der Waals surface area contributed by atoms with Gasteiger partial charge in [0.25, 0.3) is 0 Å². The van der Waals surface area contributed by atoms with Gasteiger partial charge in [-0.05, 0) is 37.0 Å². The fraction of sp³-hybridized carbons (Fsp3) is 0.529. The van der Waals surface area contributed by atoms with Gasteiger partial charge in [0.2, 0.25) is 5.91 Å². The Bertz CT molecular complexity index is 659. The number of ether oxygens (including phenoxy) is 1. The zero-order chi connectivity index (χ0) is 16.0. The Morgan fingerprint density at radius 1 is 1.26 bits per heavy atom. The predicted molar refractivity (Wildman–Crippen MR) is 81.4 cm³/mol. The summed E-state index contributed by atoms with van der Waals surface area (Å²) in [5.74, 6) is -0.0688. The third kappa shape index (κ3) is 2.46. The molecule has 2 amide bonds. The van der Waals surface area contributed by atoms with Crippen LogP contribution in [0.25, 0.3) is 0 Å². The topological polar surface area (TPSA) is 49.9 Å². The van der Waals surface area contributed by atoms with Crippen molar-refractivity contribution < 1.29 is 18.7 Å². The molecule has 0 bridgehead atoms. The third-order valence-electron chi connectivity index (χ3n) is 5.13. The van der Waals surface area contributed by atoms with E-state index in [4.69, 9.17) is 4.74 Å². The van der Waals surface area contributed by atoms with E-state index in [-0.39, 0.29) is 23.7 Å². The van der Waals surface area contributed by atoms with Crippen LogP contribution < -0.4 is 4.90 Å². The number of hydrogen-bond donors (Lipinski definition) is 0. The molecule has 2 fully saturated rings. The van der Waals surface area contributed by atoms with Crippen molar-refractivity contribution in [2.24, 2.45) is 5.92 Å². The molecule has 2 aliphatic heterocycles. The Balaban J connectivity index is 1.69. The summed E-state index contributed by atoms with van der Waals surface area (Å²) in [6, 6.07) is 4.27. The van der Waals surface area contributed by atoms with E-state index >= 15 is 0 Å².